The van der Waals surface area contributed by atoms with E-state index in [0.717, 1.165) is 12.2 Å². The summed E-state index contributed by atoms with van der Waals surface area (Å²) in [6, 6.07) is 2.58. The summed E-state index contributed by atoms with van der Waals surface area (Å²) < 4.78 is 0. The molecule has 0 spiro atoms. The van der Waals surface area contributed by atoms with Crippen LogP contribution in [0.3, 0.4) is 0 Å². The molecule has 1 aromatic heterocycles. The molecule has 1 fully saturated rings. The van der Waals surface area contributed by atoms with E-state index in [0.29, 0.717) is 16.9 Å². The third kappa shape index (κ3) is 2.12. The van der Waals surface area contributed by atoms with Gasteiger partial charge in [0.2, 0.25) is 0 Å². The molecule has 1 heterocycles. The van der Waals surface area contributed by atoms with Crippen LogP contribution in [0.25, 0.3) is 0 Å². The minimum atomic E-state index is 0.633. The van der Waals surface area contributed by atoms with Gasteiger partial charge in [-0.25, -0.2) is 0 Å². The lowest BCUT2D eigenvalue weighted by Gasteiger charge is -2.24. The number of rotatable bonds is 4. The summed E-state index contributed by atoms with van der Waals surface area (Å²) in [7, 11) is 0. The second-order valence-corrected chi connectivity index (χ2v) is 4.23. The summed E-state index contributed by atoms with van der Waals surface area (Å²) in [6.45, 7) is 0.857. The van der Waals surface area contributed by atoms with Gasteiger partial charge >= 0.3 is 0 Å². The van der Waals surface area contributed by atoms with Gasteiger partial charge in [0.15, 0.2) is 0 Å². The van der Waals surface area contributed by atoms with Crippen molar-refractivity contribution >= 4 is 28.9 Å². The summed E-state index contributed by atoms with van der Waals surface area (Å²) in [6.07, 6.45) is 5.94. The molecule has 0 aliphatic heterocycles. The van der Waals surface area contributed by atoms with E-state index in [1.165, 1.54) is 12.8 Å². The van der Waals surface area contributed by atoms with Crippen molar-refractivity contribution in [2.75, 3.05) is 17.3 Å². The molecule has 4 heteroatoms. The van der Waals surface area contributed by atoms with Gasteiger partial charge in [0.25, 0.3) is 0 Å². The zero-order chi connectivity index (χ0) is 9.97. The third-order valence-corrected chi connectivity index (χ3v) is 2.83. The predicted molar refractivity (Wildman–Crippen MR) is 60.3 cm³/mol. The van der Waals surface area contributed by atoms with E-state index >= 15 is 0 Å². The van der Waals surface area contributed by atoms with Crippen molar-refractivity contribution in [2.24, 2.45) is 0 Å². The number of hydrogen-bond acceptors (Lipinski definition) is 2. The van der Waals surface area contributed by atoms with E-state index in [-0.39, 0.29) is 0 Å². The summed E-state index contributed by atoms with van der Waals surface area (Å²) in [5.41, 5.74) is 1.06. The SMILES string of the molecule is ClCCN(c1ccncc1Cl)C1CC1. The highest BCUT2D eigenvalue weighted by Crippen LogP contribution is 2.34. The van der Waals surface area contributed by atoms with Gasteiger partial charge in [0, 0.05) is 30.9 Å². The van der Waals surface area contributed by atoms with E-state index in [2.05, 4.69) is 9.88 Å². The number of halogens is 2. The Bertz CT molecular complexity index is 313. The zero-order valence-corrected chi connectivity index (χ0v) is 9.30. The molecule has 1 aromatic rings. The second-order valence-electron chi connectivity index (χ2n) is 3.44. The molecular weight excluding hydrogens is 219 g/mol. The van der Waals surface area contributed by atoms with Crippen LogP contribution >= 0.6 is 23.2 Å². The van der Waals surface area contributed by atoms with Crippen LogP contribution in [0.4, 0.5) is 5.69 Å². The van der Waals surface area contributed by atoms with Gasteiger partial charge in [0.1, 0.15) is 0 Å². The predicted octanol–water partition coefficient (Wildman–Crippen LogP) is 2.94. The van der Waals surface area contributed by atoms with Crippen LogP contribution in [0.5, 0.6) is 0 Å². The summed E-state index contributed by atoms with van der Waals surface area (Å²) >= 11 is 11.8. The quantitative estimate of drug-likeness (QED) is 0.740. The Labute approximate surface area is 93.8 Å². The summed E-state index contributed by atoms with van der Waals surface area (Å²) in [5, 5.41) is 0.713. The fraction of sp³-hybridized carbons (Fsp3) is 0.500. The van der Waals surface area contributed by atoms with Gasteiger partial charge in [-0.15, -0.1) is 11.6 Å². The number of aromatic nitrogens is 1. The van der Waals surface area contributed by atoms with Crippen molar-refractivity contribution in [1.29, 1.82) is 0 Å². The van der Waals surface area contributed by atoms with E-state index in [1.807, 2.05) is 6.07 Å². The first-order chi connectivity index (χ1) is 6.83. The van der Waals surface area contributed by atoms with Crippen molar-refractivity contribution in [3.05, 3.63) is 23.5 Å². The van der Waals surface area contributed by atoms with Gasteiger partial charge in [0.05, 0.1) is 10.7 Å². The van der Waals surface area contributed by atoms with Crippen molar-refractivity contribution in [2.45, 2.75) is 18.9 Å². The molecule has 0 radical (unpaired) electrons. The molecule has 0 amide bonds. The lowest BCUT2D eigenvalue weighted by Crippen LogP contribution is -2.28. The number of nitrogens with zero attached hydrogens (tertiary/aromatic N) is 2. The smallest absolute Gasteiger partial charge is 0.0822 e. The number of pyridine rings is 1. The minimum absolute atomic E-state index is 0.633. The normalized spacial score (nSPS) is 15.6. The lowest BCUT2D eigenvalue weighted by molar-refractivity contribution is 0.828. The van der Waals surface area contributed by atoms with Crippen molar-refractivity contribution in [3.63, 3.8) is 0 Å². The molecule has 0 N–H and O–H groups in total. The fourth-order valence-corrected chi connectivity index (χ4v) is 1.99. The van der Waals surface area contributed by atoms with Crippen molar-refractivity contribution < 1.29 is 0 Å². The molecule has 0 saturated heterocycles. The van der Waals surface area contributed by atoms with E-state index in [9.17, 15) is 0 Å². The molecule has 1 saturated carbocycles. The molecule has 0 unspecified atom stereocenters. The van der Waals surface area contributed by atoms with E-state index in [1.54, 1.807) is 12.4 Å². The Morgan fingerprint density at radius 3 is 2.86 bits per heavy atom. The van der Waals surface area contributed by atoms with Crippen LogP contribution in [0.2, 0.25) is 5.02 Å². The van der Waals surface area contributed by atoms with Gasteiger partial charge in [-0.2, -0.15) is 0 Å². The minimum Gasteiger partial charge on any atom is -0.366 e. The van der Waals surface area contributed by atoms with Crippen LogP contribution in [0, 0.1) is 0 Å². The number of alkyl halides is 1. The standard InChI is InChI=1S/C10H12Cl2N2/c11-4-6-14(8-1-2-8)10-3-5-13-7-9(10)12/h3,5,7-8H,1-2,4,6H2. The molecular formula is C10H12Cl2N2. The van der Waals surface area contributed by atoms with E-state index < -0.39 is 0 Å². The molecule has 0 atom stereocenters. The van der Waals surface area contributed by atoms with Crippen LogP contribution in [0.15, 0.2) is 18.5 Å². The first-order valence-electron chi connectivity index (χ1n) is 4.75. The largest absolute Gasteiger partial charge is 0.366 e. The molecule has 1 aliphatic carbocycles. The molecule has 76 valence electrons. The maximum absolute atomic E-state index is 6.08. The van der Waals surface area contributed by atoms with E-state index in [4.69, 9.17) is 23.2 Å². The molecule has 0 bridgehead atoms. The highest BCUT2D eigenvalue weighted by Gasteiger charge is 2.29. The molecule has 14 heavy (non-hydrogen) atoms. The Balaban J connectivity index is 2.21. The first-order valence-corrected chi connectivity index (χ1v) is 5.66. The first kappa shape index (κ1) is 10.1. The highest BCUT2D eigenvalue weighted by molar-refractivity contribution is 6.33. The number of hydrogen-bond donors (Lipinski definition) is 0. The second kappa shape index (κ2) is 4.37. The molecule has 1 aliphatic rings. The zero-order valence-electron chi connectivity index (χ0n) is 7.79. The Hall–Kier alpha value is -0.470. The molecule has 0 aromatic carbocycles. The van der Waals surface area contributed by atoms with Crippen LogP contribution in [-0.2, 0) is 0 Å². The maximum atomic E-state index is 6.08. The Morgan fingerprint density at radius 1 is 1.50 bits per heavy atom. The molecule has 2 rings (SSSR count). The fourth-order valence-electron chi connectivity index (χ4n) is 1.58. The summed E-state index contributed by atoms with van der Waals surface area (Å²) in [5.74, 6) is 0.634. The molecule has 2 nitrogen and oxygen atoms in total. The third-order valence-electron chi connectivity index (χ3n) is 2.37. The monoisotopic (exact) mass is 230 g/mol. The topological polar surface area (TPSA) is 16.1 Å². The average Bonchev–Trinajstić information content (AvgIpc) is 2.99. The number of anilines is 1. The van der Waals surface area contributed by atoms with Crippen LogP contribution in [-0.4, -0.2) is 23.5 Å². The van der Waals surface area contributed by atoms with Gasteiger partial charge in [-0.3, -0.25) is 4.98 Å². The van der Waals surface area contributed by atoms with Crippen LogP contribution < -0.4 is 4.90 Å². The Morgan fingerprint density at radius 2 is 2.29 bits per heavy atom. The van der Waals surface area contributed by atoms with Crippen molar-refractivity contribution in [3.8, 4) is 0 Å². The van der Waals surface area contributed by atoms with Crippen molar-refractivity contribution in [1.82, 2.24) is 4.98 Å². The average molecular weight is 231 g/mol. The van der Waals surface area contributed by atoms with Gasteiger partial charge in [-0.1, -0.05) is 11.6 Å². The lowest BCUT2D eigenvalue weighted by atomic mass is 10.3. The maximum Gasteiger partial charge on any atom is 0.0822 e. The highest BCUT2D eigenvalue weighted by atomic mass is 35.5. The van der Waals surface area contributed by atoms with Crippen LogP contribution in [0.1, 0.15) is 12.8 Å². The summed E-state index contributed by atoms with van der Waals surface area (Å²) in [4.78, 5) is 6.25. The van der Waals surface area contributed by atoms with Gasteiger partial charge < -0.3 is 4.90 Å². The Kier molecular flexibility index (Phi) is 3.14. The van der Waals surface area contributed by atoms with Gasteiger partial charge in [-0.05, 0) is 18.9 Å².